The van der Waals surface area contributed by atoms with Gasteiger partial charge in [0.1, 0.15) is 6.54 Å². The molecule has 0 bridgehead atoms. The molecule has 5 rings (SSSR count). The standard InChI is InChI=1S/C24H29N5/c1-18-11-13-20(14-12-18)23(28-16-15-19-7-5-6-8-21(19)17-28)24-25-26-27-29(24)22-9-3-2-4-10-22/h5-8,11-14,22-23H,2-4,9-10,15-17H2,1H3/p+1/t23-/m0/s1. The van der Waals surface area contributed by atoms with Crippen LogP contribution in [0.2, 0.25) is 0 Å². The first-order chi connectivity index (χ1) is 14.3. The zero-order chi connectivity index (χ0) is 19.6. The molecule has 0 amide bonds. The quantitative estimate of drug-likeness (QED) is 0.747. The van der Waals surface area contributed by atoms with Crippen LogP contribution >= 0.6 is 0 Å². The van der Waals surface area contributed by atoms with E-state index in [1.165, 1.54) is 54.4 Å². The molecule has 2 heterocycles. The Morgan fingerprint density at radius 1 is 0.966 bits per heavy atom. The van der Waals surface area contributed by atoms with Gasteiger partial charge in [0.15, 0.2) is 6.04 Å². The van der Waals surface area contributed by atoms with Gasteiger partial charge in [0.05, 0.1) is 12.6 Å². The van der Waals surface area contributed by atoms with E-state index in [0.717, 1.165) is 25.3 Å². The molecule has 1 N–H and O–H groups in total. The number of benzene rings is 2. The normalized spacial score (nSPS) is 20.9. The van der Waals surface area contributed by atoms with Gasteiger partial charge in [-0.05, 0) is 35.8 Å². The van der Waals surface area contributed by atoms with Crippen LogP contribution in [0.5, 0.6) is 0 Å². The number of aryl methyl sites for hydroxylation is 1. The molecule has 5 heteroatoms. The second-order valence-electron chi connectivity index (χ2n) is 8.72. The maximum Gasteiger partial charge on any atom is 0.214 e. The van der Waals surface area contributed by atoms with Gasteiger partial charge in [-0.25, -0.2) is 4.68 Å². The topological polar surface area (TPSA) is 48.0 Å². The predicted molar refractivity (Wildman–Crippen MR) is 113 cm³/mol. The number of tetrazole rings is 1. The first kappa shape index (κ1) is 18.5. The number of nitrogens with zero attached hydrogens (tertiary/aromatic N) is 4. The van der Waals surface area contributed by atoms with Crippen LogP contribution in [0.3, 0.4) is 0 Å². The highest BCUT2D eigenvalue weighted by Gasteiger charge is 2.35. The Morgan fingerprint density at radius 2 is 1.72 bits per heavy atom. The molecule has 1 unspecified atom stereocenters. The van der Waals surface area contributed by atoms with E-state index in [-0.39, 0.29) is 6.04 Å². The van der Waals surface area contributed by atoms with E-state index in [9.17, 15) is 0 Å². The monoisotopic (exact) mass is 388 g/mol. The Hall–Kier alpha value is -2.53. The van der Waals surface area contributed by atoms with Crippen molar-refractivity contribution in [3.05, 3.63) is 76.6 Å². The fraction of sp³-hybridized carbons (Fsp3) is 0.458. The van der Waals surface area contributed by atoms with Crippen molar-refractivity contribution in [1.29, 1.82) is 0 Å². The van der Waals surface area contributed by atoms with E-state index in [4.69, 9.17) is 0 Å². The number of aromatic nitrogens is 4. The van der Waals surface area contributed by atoms with Gasteiger partial charge in [-0.1, -0.05) is 73.4 Å². The molecular formula is C24H30N5+. The molecule has 5 nitrogen and oxygen atoms in total. The maximum absolute atomic E-state index is 4.60. The Bertz CT molecular complexity index is 955. The number of hydrogen-bond donors (Lipinski definition) is 1. The highest BCUT2D eigenvalue weighted by atomic mass is 15.6. The first-order valence-corrected chi connectivity index (χ1v) is 11.1. The molecule has 0 radical (unpaired) electrons. The fourth-order valence-electron chi connectivity index (χ4n) is 5.15. The third kappa shape index (κ3) is 3.71. The van der Waals surface area contributed by atoms with Crippen molar-refractivity contribution in [2.75, 3.05) is 6.54 Å². The van der Waals surface area contributed by atoms with Crippen molar-refractivity contribution < 1.29 is 4.90 Å². The van der Waals surface area contributed by atoms with Gasteiger partial charge >= 0.3 is 0 Å². The lowest BCUT2D eigenvalue weighted by molar-refractivity contribution is -0.941. The molecule has 2 atom stereocenters. The Labute approximate surface area is 172 Å². The summed E-state index contributed by atoms with van der Waals surface area (Å²) in [5, 5.41) is 13.2. The average molecular weight is 389 g/mol. The summed E-state index contributed by atoms with van der Waals surface area (Å²) < 4.78 is 2.16. The zero-order valence-corrected chi connectivity index (χ0v) is 17.2. The largest absolute Gasteiger partial charge is 0.318 e. The summed E-state index contributed by atoms with van der Waals surface area (Å²) in [7, 11) is 0. The third-order valence-corrected chi connectivity index (χ3v) is 6.77. The van der Waals surface area contributed by atoms with Crippen LogP contribution in [0.1, 0.15) is 72.3 Å². The summed E-state index contributed by atoms with van der Waals surface area (Å²) in [6.07, 6.45) is 7.39. The molecule has 2 aliphatic rings. The van der Waals surface area contributed by atoms with Crippen LogP contribution in [0.25, 0.3) is 0 Å². The van der Waals surface area contributed by atoms with Gasteiger partial charge in [-0.3, -0.25) is 0 Å². The van der Waals surface area contributed by atoms with E-state index >= 15 is 0 Å². The first-order valence-electron chi connectivity index (χ1n) is 11.1. The summed E-state index contributed by atoms with van der Waals surface area (Å²) in [6.45, 7) is 4.27. The summed E-state index contributed by atoms with van der Waals surface area (Å²) in [5.74, 6) is 1.04. The van der Waals surface area contributed by atoms with Crippen molar-refractivity contribution in [1.82, 2.24) is 20.2 Å². The summed E-state index contributed by atoms with van der Waals surface area (Å²) in [4.78, 5) is 1.54. The lowest BCUT2D eigenvalue weighted by atomic mass is 9.93. The Balaban J connectivity index is 1.54. The highest BCUT2D eigenvalue weighted by Crippen LogP contribution is 2.30. The second-order valence-corrected chi connectivity index (χ2v) is 8.72. The second kappa shape index (κ2) is 8.07. The molecule has 1 aliphatic heterocycles. The molecule has 0 saturated heterocycles. The van der Waals surface area contributed by atoms with Crippen LogP contribution in [-0.4, -0.2) is 26.8 Å². The molecule has 29 heavy (non-hydrogen) atoms. The molecule has 0 spiro atoms. The van der Waals surface area contributed by atoms with Crippen molar-refractivity contribution in [3.8, 4) is 0 Å². The molecule has 2 aromatic carbocycles. The van der Waals surface area contributed by atoms with E-state index in [0.29, 0.717) is 6.04 Å². The van der Waals surface area contributed by atoms with Crippen LogP contribution in [-0.2, 0) is 13.0 Å². The molecule has 3 aromatic rings. The van der Waals surface area contributed by atoms with Crippen molar-refractivity contribution in [2.24, 2.45) is 0 Å². The van der Waals surface area contributed by atoms with Gasteiger partial charge in [0.25, 0.3) is 0 Å². The van der Waals surface area contributed by atoms with Gasteiger partial charge in [0.2, 0.25) is 5.82 Å². The van der Waals surface area contributed by atoms with Crippen molar-refractivity contribution in [2.45, 2.75) is 64.1 Å². The van der Waals surface area contributed by atoms with Crippen LogP contribution < -0.4 is 4.90 Å². The van der Waals surface area contributed by atoms with Crippen molar-refractivity contribution in [3.63, 3.8) is 0 Å². The summed E-state index contributed by atoms with van der Waals surface area (Å²) >= 11 is 0. The van der Waals surface area contributed by atoms with Crippen LogP contribution in [0.4, 0.5) is 0 Å². The number of hydrogen-bond acceptors (Lipinski definition) is 3. The number of nitrogens with one attached hydrogen (secondary N) is 1. The van der Waals surface area contributed by atoms with Gasteiger partial charge in [-0.2, -0.15) is 0 Å². The molecule has 1 fully saturated rings. The molecule has 1 aromatic heterocycles. The number of fused-ring (bicyclic) bond motifs is 1. The minimum absolute atomic E-state index is 0.167. The van der Waals surface area contributed by atoms with Gasteiger partial charge in [-0.15, -0.1) is 5.10 Å². The van der Waals surface area contributed by atoms with E-state index in [1.54, 1.807) is 4.90 Å². The van der Waals surface area contributed by atoms with Crippen LogP contribution in [0.15, 0.2) is 48.5 Å². The minimum Gasteiger partial charge on any atom is -0.318 e. The lowest BCUT2D eigenvalue weighted by Gasteiger charge is -2.33. The highest BCUT2D eigenvalue weighted by molar-refractivity contribution is 5.29. The SMILES string of the molecule is Cc1ccc([C@@H](c2nnnn2C2CCCCC2)[NH+]2CCc3ccccc3C2)cc1. The van der Waals surface area contributed by atoms with E-state index in [2.05, 4.69) is 75.7 Å². The predicted octanol–water partition coefficient (Wildman–Crippen LogP) is 3.22. The molecular weight excluding hydrogens is 358 g/mol. The van der Waals surface area contributed by atoms with E-state index < -0.39 is 0 Å². The minimum atomic E-state index is 0.167. The maximum atomic E-state index is 4.60. The third-order valence-electron chi connectivity index (χ3n) is 6.77. The van der Waals surface area contributed by atoms with E-state index in [1.807, 2.05) is 0 Å². The molecule has 1 saturated carbocycles. The Kier molecular flexibility index (Phi) is 5.15. The molecule has 150 valence electrons. The van der Waals surface area contributed by atoms with Crippen molar-refractivity contribution >= 4 is 0 Å². The van der Waals surface area contributed by atoms with Gasteiger partial charge < -0.3 is 4.90 Å². The number of rotatable bonds is 4. The zero-order valence-electron chi connectivity index (χ0n) is 17.2. The Morgan fingerprint density at radius 3 is 2.52 bits per heavy atom. The smallest absolute Gasteiger partial charge is 0.214 e. The average Bonchev–Trinajstić information content (AvgIpc) is 3.25. The summed E-state index contributed by atoms with van der Waals surface area (Å²) in [5.41, 5.74) is 5.56. The number of quaternary nitrogens is 1. The molecule has 1 aliphatic carbocycles. The van der Waals surface area contributed by atoms with Crippen LogP contribution in [0, 0.1) is 6.92 Å². The lowest BCUT2D eigenvalue weighted by Crippen LogP contribution is -3.12. The summed E-state index contributed by atoms with van der Waals surface area (Å²) in [6, 6.07) is 18.5. The fourth-order valence-corrected chi connectivity index (χ4v) is 5.15. The van der Waals surface area contributed by atoms with Gasteiger partial charge in [0, 0.05) is 17.5 Å².